The van der Waals surface area contributed by atoms with Crippen LogP contribution in [0.5, 0.6) is 5.75 Å². The number of piperidine rings is 1. The topological polar surface area (TPSA) is 61.9 Å². The molecular formula is C17H21N3O3. The molecular weight excluding hydrogens is 294 g/mol. The van der Waals surface area contributed by atoms with Crippen molar-refractivity contribution in [3.8, 4) is 5.75 Å². The number of nitrogens with one attached hydrogen (secondary N) is 1. The number of urea groups is 1. The molecule has 3 heterocycles. The highest BCUT2D eigenvalue weighted by Crippen LogP contribution is 2.29. The third kappa shape index (κ3) is 2.62. The van der Waals surface area contributed by atoms with Crippen LogP contribution in [-0.4, -0.2) is 60.1 Å². The molecule has 0 bridgehead atoms. The van der Waals surface area contributed by atoms with E-state index in [0.29, 0.717) is 19.5 Å². The maximum absolute atomic E-state index is 12.7. The number of hydrogen-bond donors (Lipinski definition) is 1. The number of amides is 3. The molecule has 6 heteroatoms. The molecule has 2 saturated heterocycles. The van der Waals surface area contributed by atoms with Crippen molar-refractivity contribution >= 4 is 11.9 Å². The standard InChI is InChI=1S/C17H21N3O3/c21-16(15-11-12-3-1-2-4-14(12)23-15)19-8-5-13(6-9-19)20-10-7-18-17(20)22/h1-4,13,15H,5-11H2,(H,18,22). The summed E-state index contributed by atoms with van der Waals surface area (Å²) in [6, 6.07) is 8.12. The van der Waals surface area contributed by atoms with Gasteiger partial charge in [-0.2, -0.15) is 0 Å². The Balaban J connectivity index is 1.34. The molecule has 0 aliphatic carbocycles. The van der Waals surface area contributed by atoms with Crippen molar-refractivity contribution in [2.45, 2.75) is 31.4 Å². The van der Waals surface area contributed by atoms with Crippen LogP contribution in [0.3, 0.4) is 0 Å². The molecule has 6 nitrogen and oxygen atoms in total. The molecule has 122 valence electrons. The van der Waals surface area contributed by atoms with Gasteiger partial charge in [0.25, 0.3) is 5.91 Å². The Kier molecular flexibility index (Phi) is 3.59. The van der Waals surface area contributed by atoms with E-state index in [1.807, 2.05) is 34.1 Å². The molecule has 3 amide bonds. The molecule has 4 rings (SSSR count). The Morgan fingerprint density at radius 1 is 1.17 bits per heavy atom. The first-order chi connectivity index (χ1) is 11.2. The zero-order valence-electron chi connectivity index (χ0n) is 13.0. The van der Waals surface area contributed by atoms with Gasteiger partial charge in [-0.1, -0.05) is 18.2 Å². The summed E-state index contributed by atoms with van der Waals surface area (Å²) in [7, 11) is 0. The third-order valence-corrected chi connectivity index (χ3v) is 5.03. The molecule has 2 fully saturated rings. The van der Waals surface area contributed by atoms with Crippen LogP contribution in [0.2, 0.25) is 0 Å². The van der Waals surface area contributed by atoms with E-state index < -0.39 is 0 Å². The first-order valence-corrected chi connectivity index (χ1v) is 8.30. The molecule has 0 aromatic heterocycles. The van der Waals surface area contributed by atoms with E-state index in [4.69, 9.17) is 4.74 Å². The van der Waals surface area contributed by atoms with E-state index in [2.05, 4.69) is 5.32 Å². The van der Waals surface area contributed by atoms with E-state index in [9.17, 15) is 9.59 Å². The summed E-state index contributed by atoms with van der Waals surface area (Å²) >= 11 is 0. The minimum atomic E-state index is -0.390. The fourth-order valence-electron chi connectivity index (χ4n) is 3.76. The fourth-order valence-corrected chi connectivity index (χ4v) is 3.76. The van der Waals surface area contributed by atoms with Crippen LogP contribution in [0.4, 0.5) is 4.79 Å². The van der Waals surface area contributed by atoms with Crippen molar-refractivity contribution in [1.82, 2.24) is 15.1 Å². The number of nitrogens with zero attached hydrogens (tertiary/aromatic N) is 2. The Hall–Kier alpha value is -2.24. The van der Waals surface area contributed by atoms with Crippen molar-refractivity contribution in [3.63, 3.8) is 0 Å². The lowest BCUT2D eigenvalue weighted by Crippen LogP contribution is -2.50. The smallest absolute Gasteiger partial charge is 0.317 e. The average Bonchev–Trinajstić information content (AvgIpc) is 3.20. The normalized spacial score (nSPS) is 24.3. The van der Waals surface area contributed by atoms with Crippen molar-refractivity contribution in [2.24, 2.45) is 0 Å². The van der Waals surface area contributed by atoms with Gasteiger partial charge in [0, 0.05) is 38.6 Å². The SMILES string of the molecule is O=C(C1Cc2ccccc2O1)N1CCC(N2CCNC2=O)CC1. The highest BCUT2D eigenvalue weighted by Gasteiger charge is 2.36. The number of fused-ring (bicyclic) bond motifs is 1. The Labute approximate surface area is 135 Å². The maximum Gasteiger partial charge on any atom is 0.317 e. The van der Waals surface area contributed by atoms with Crippen LogP contribution in [0.25, 0.3) is 0 Å². The lowest BCUT2D eigenvalue weighted by molar-refractivity contribution is -0.139. The van der Waals surface area contributed by atoms with E-state index >= 15 is 0 Å². The lowest BCUT2D eigenvalue weighted by atomic mass is 10.0. The summed E-state index contributed by atoms with van der Waals surface area (Å²) in [6.07, 6.45) is 1.96. The van der Waals surface area contributed by atoms with E-state index in [1.165, 1.54) is 0 Å². The Morgan fingerprint density at radius 3 is 2.65 bits per heavy atom. The summed E-state index contributed by atoms with van der Waals surface area (Å²) in [5.41, 5.74) is 1.11. The largest absolute Gasteiger partial charge is 0.480 e. The van der Waals surface area contributed by atoms with Gasteiger partial charge in [-0.25, -0.2) is 4.79 Å². The van der Waals surface area contributed by atoms with Crippen LogP contribution >= 0.6 is 0 Å². The van der Waals surface area contributed by atoms with Gasteiger partial charge in [0.2, 0.25) is 0 Å². The van der Waals surface area contributed by atoms with Gasteiger partial charge in [0.15, 0.2) is 6.10 Å². The number of benzene rings is 1. The van der Waals surface area contributed by atoms with Crippen LogP contribution in [0, 0.1) is 0 Å². The van der Waals surface area contributed by atoms with Gasteiger partial charge in [0.1, 0.15) is 5.75 Å². The number of para-hydroxylation sites is 1. The summed E-state index contributed by atoms with van der Waals surface area (Å²) in [5, 5.41) is 2.84. The van der Waals surface area contributed by atoms with Crippen molar-refractivity contribution < 1.29 is 14.3 Å². The van der Waals surface area contributed by atoms with Crippen LogP contribution in [0.15, 0.2) is 24.3 Å². The third-order valence-electron chi connectivity index (χ3n) is 5.03. The quantitative estimate of drug-likeness (QED) is 0.886. The minimum Gasteiger partial charge on any atom is -0.480 e. The number of hydrogen-bond acceptors (Lipinski definition) is 3. The molecule has 1 unspecified atom stereocenters. The van der Waals surface area contributed by atoms with Crippen LogP contribution in [0.1, 0.15) is 18.4 Å². The highest BCUT2D eigenvalue weighted by molar-refractivity contribution is 5.83. The molecule has 1 aromatic rings. The number of likely N-dealkylation sites (tertiary alicyclic amines) is 1. The fraction of sp³-hybridized carbons (Fsp3) is 0.529. The molecule has 0 radical (unpaired) electrons. The van der Waals surface area contributed by atoms with Crippen molar-refractivity contribution in [3.05, 3.63) is 29.8 Å². The summed E-state index contributed by atoms with van der Waals surface area (Å²) in [6.45, 7) is 2.90. The van der Waals surface area contributed by atoms with Crippen LogP contribution in [-0.2, 0) is 11.2 Å². The van der Waals surface area contributed by atoms with Crippen molar-refractivity contribution in [2.75, 3.05) is 26.2 Å². The maximum atomic E-state index is 12.7. The van der Waals surface area contributed by atoms with Gasteiger partial charge >= 0.3 is 6.03 Å². The first kappa shape index (κ1) is 14.4. The second-order valence-corrected chi connectivity index (χ2v) is 6.40. The second kappa shape index (κ2) is 5.76. The lowest BCUT2D eigenvalue weighted by Gasteiger charge is -2.36. The molecule has 0 spiro atoms. The highest BCUT2D eigenvalue weighted by atomic mass is 16.5. The van der Waals surface area contributed by atoms with Crippen LogP contribution < -0.4 is 10.1 Å². The molecule has 1 atom stereocenters. The van der Waals surface area contributed by atoms with Gasteiger partial charge in [-0.15, -0.1) is 0 Å². The number of carbonyl (C=O) groups is 2. The summed E-state index contributed by atoms with van der Waals surface area (Å²) in [5.74, 6) is 0.903. The molecule has 0 saturated carbocycles. The summed E-state index contributed by atoms with van der Waals surface area (Å²) < 4.78 is 5.80. The number of ether oxygens (including phenoxy) is 1. The number of rotatable bonds is 2. The van der Waals surface area contributed by atoms with Gasteiger partial charge in [-0.05, 0) is 24.5 Å². The molecule has 23 heavy (non-hydrogen) atoms. The zero-order chi connectivity index (χ0) is 15.8. The first-order valence-electron chi connectivity index (χ1n) is 8.30. The summed E-state index contributed by atoms with van der Waals surface area (Å²) in [4.78, 5) is 28.2. The molecule has 3 aliphatic heterocycles. The predicted molar refractivity (Wildman–Crippen MR) is 84.3 cm³/mol. The van der Waals surface area contributed by atoms with E-state index in [0.717, 1.165) is 37.2 Å². The monoisotopic (exact) mass is 315 g/mol. The predicted octanol–water partition coefficient (Wildman–Crippen LogP) is 1.01. The minimum absolute atomic E-state index is 0.0318. The average molecular weight is 315 g/mol. The van der Waals surface area contributed by atoms with Gasteiger partial charge < -0.3 is 19.9 Å². The van der Waals surface area contributed by atoms with E-state index in [-0.39, 0.29) is 24.1 Å². The van der Waals surface area contributed by atoms with Gasteiger partial charge in [-0.3, -0.25) is 4.79 Å². The zero-order valence-corrected chi connectivity index (χ0v) is 13.0. The molecule has 1 N–H and O–H groups in total. The number of carbonyl (C=O) groups excluding carboxylic acids is 2. The Morgan fingerprint density at radius 2 is 1.96 bits per heavy atom. The van der Waals surface area contributed by atoms with Gasteiger partial charge in [0.05, 0.1) is 0 Å². The second-order valence-electron chi connectivity index (χ2n) is 6.40. The molecule has 3 aliphatic rings. The molecule has 1 aromatic carbocycles. The Bertz CT molecular complexity index is 600. The van der Waals surface area contributed by atoms with E-state index in [1.54, 1.807) is 0 Å². The van der Waals surface area contributed by atoms with Crippen molar-refractivity contribution in [1.29, 1.82) is 0 Å².